The monoisotopic (exact) mass is 434 g/mol. The van der Waals surface area contributed by atoms with Crippen LogP contribution in [0.2, 0.25) is 0 Å². The molecule has 0 amide bonds. The molecular weight excluding hydrogens is 407 g/mol. The molecule has 1 aliphatic carbocycles. The normalized spacial score (nSPS) is 18.0. The third-order valence-electron chi connectivity index (χ3n) is 5.51. The Labute approximate surface area is 162 Å². The number of anilines is 1. The van der Waals surface area contributed by atoms with Gasteiger partial charge in [0.2, 0.25) is 0 Å². The van der Waals surface area contributed by atoms with E-state index in [1.165, 1.54) is 50.9 Å². The van der Waals surface area contributed by atoms with Gasteiger partial charge in [0.05, 0.1) is 13.1 Å². The predicted octanol–water partition coefficient (Wildman–Crippen LogP) is -0.309. The average Bonchev–Trinajstić information content (AvgIpc) is 3.05. The minimum absolute atomic E-state index is 0. The molecule has 0 saturated carbocycles. The molecule has 1 fully saturated rings. The lowest BCUT2D eigenvalue weighted by molar-refractivity contribution is -0.904. The van der Waals surface area contributed by atoms with E-state index in [4.69, 9.17) is 0 Å². The van der Waals surface area contributed by atoms with E-state index < -0.39 is 0 Å². The van der Waals surface area contributed by atoms with E-state index in [-0.39, 0.29) is 24.0 Å². The fourth-order valence-electron chi connectivity index (χ4n) is 4.26. The van der Waals surface area contributed by atoms with E-state index in [2.05, 4.69) is 59.5 Å². The number of hydrogen-bond acceptors (Lipinski definition) is 1. The summed E-state index contributed by atoms with van der Waals surface area (Å²) in [4.78, 5) is 4.44. The van der Waals surface area contributed by atoms with E-state index >= 15 is 0 Å². The van der Waals surface area contributed by atoms with Crippen molar-refractivity contribution in [3.8, 4) is 0 Å². The number of piperidine rings is 1. The molecule has 24 heavy (non-hydrogen) atoms. The summed E-state index contributed by atoms with van der Waals surface area (Å²) in [5, 5.41) is 0. The third-order valence-corrected chi connectivity index (χ3v) is 5.51. The number of hydrogen-bond donors (Lipinski definition) is 1. The number of benzene rings is 2. The van der Waals surface area contributed by atoms with Gasteiger partial charge in [0.1, 0.15) is 0 Å². The zero-order chi connectivity index (χ0) is 15.5. The molecule has 2 nitrogen and oxygen atoms in total. The standard InChI is InChI=1S/C21H26N2.HI/c1-3-11-20(12-4-1)23(17-22-13-7-2-8-14-22)21-15-18-9-5-6-10-19(18)16-21;/h1,3-6,9-12,21H,2,7-8,13-17H2;1H. The van der Waals surface area contributed by atoms with Crippen LogP contribution in [0.1, 0.15) is 30.4 Å². The van der Waals surface area contributed by atoms with Crippen LogP contribution in [0.4, 0.5) is 5.69 Å². The number of para-hydroxylation sites is 1. The first-order valence-electron chi connectivity index (χ1n) is 9.12. The van der Waals surface area contributed by atoms with Crippen molar-refractivity contribution >= 4 is 5.69 Å². The molecule has 2 aromatic carbocycles. The molecule has 4 rings (SSSR count). The largest absolute Gasteiger partial charge is 1.00 e. The van der Waals surface area contributed by atoms with Gasteiger partial charge in [0.15, 0.2) is 6.67 Å². The van der Waals surface area contributed by atoms with E-state index in [9.17, 15) is 0 Å². The van der Waals surface area contributed by atoms with Gasteiger partial charge in [-0.2, -0.15) is 0 Å². The fraction of sp³-hybridized carbons (Fsp3) is 0.429. The van der Waals surface area contributed by atoms with Crippen LogP contribution in [-0.4, -0.2) is 25.8 Å². The summed E-state index contributed by atoms with van der Waals surface area (Å²) in [6, 6.07) is 20.7. The van der Waals surface area contributed by atoms with Gasteiger partial charge < -0.3 is 33.8 Å². The Morgan fingerprint density at radius 1 is 0.792 bits per heavy atom. The molecule has 2 aliphatic rings. The highest BCUT2D eigenvalue weighted by Gasteiger charge is 2.29. The van der Waals surface area contributed by atoms with Crippen molar-refractivity contribution in [1.29, 1.82) is 0 Å². The van der Waals surface area contributed by atoms with Crippen molar-refractivity contribution in [3.05, 3.63) is 65.7 Å². The topological polar surface area (TPSA) is 7.68 Å². The van der Waals surface area contributed by atoms with Crippen LogP contribution in [0, 0.1) is 0 Å². The zero-order valence-electron chi connectivity index (χ0n) is 14.3. The van der Waals surface area contributed by atoms with Crippen molar-refractivity contribution in [1.82, 2.24) is 0 Å². The highest BCUT2D eigenvalue weighted by molar-refractivity contribution is 5.49. The summed E-state index contributed by atoms with van der Waals surface area (Å²) in [5.74, 6) is 0. The first-order valence-corrected chi connectivity index (χ1v) is 9.12. The summed E-state index contributed by atoms with van der Waals surface area (Å²) >= 11 is 0. The maximum Gasteiger partial charge on any atom is 0.153 e. The Morgan fingerprint density at radius 3 is 2.00 bits per heavy atom. The van der Waals surface area contributed by atoms with Crippen LogP contribution in [0.15, 0.2) is 54.6 Å². The number of rotatable bonds is 4. The van der Waals surface area contributed by atoms with Crippen molar-refractivity contribution in [3.63, 3.8) is 0 Å². The molecule has 128 valence electrons. The second-order valence-corrected chi connectivity index (χ2v) is 7.10. The lowest BCUT2D eigenvalue weighted by Gasteiger charge is -2.35. The molecule has 2 aromatic rings. The smallest absolute Gasteiger partial charge is 0.153 e. The van der Waals surface area contributed by atoms with Gasteiger partial charge in [-0.25, -0.2) is 0 Å². The van der Waals surface area contributed by atoms with Crippen LogP contribution in [0.5, 0.6) is 0 Å². The molecule has 0 atom stereocenters. The van der Waals surface area contributed by atoms with Crippen molar-refractivity contribution < 1.29 is 28.9 Å². The number of likely N-dealkylation sites (tertiary alicyclic amines) is 1. The Balaban J connectivity index is 0.00000169. The number of fused-ring (bicyclic) bond motifs is 1. The van der Waals surface area contributed by atoms with Crippen LogP contribution in [0.25, 0.3) is 0 Å². The number of quaternary nitrogens is 1. The molecule has 3 heteroatoms. The summed E-state index contributed by atoms with van der Waals surface area (Å²) < 4.78 is 0. The second kappa shape index (κ2) is 8.34. The zero-order valence-corrected chi connectivity index (χ0v) is 16.4. The first kappa shape index (κ1) is 17.7. The summed E-state index contributed by atoms with van der Waals surface area (Å²) in [5.41, 5.74) is 4.49. The second-order valence-electron chi connectivity index (χ2n) is 7.10. The van der Waals surface area contributed by atoms with Crippen molar-refractivity contribution in [2.24, 2.45) is 0 Å². The summed E-state index contributed by atoms with van der Waals surface area (Å²) in [6.07, 6.45) is 6.59. The molecule has 1 heterocycles. The van der Waals surface area contributed by atoms with Crippen molar-refractivity contribution in [2.75, 3.05) is 24.7 Å². The minimum atomic E-state index is 0. The lowest BCUT2D eigenvalue weighted by atomic mass is 10.1. The summed E-state index contributed by atoms with van der Waals surface area (Å²) in [7, 11) is 0. The highest BCUT2D eigenvalue weighted by Crippen LogP contribution is 2.28. The first-order chi connectivity index (χ1) is 11.4. The van der Waals surface area contributed by atoms with Gasteiger partial charge in [-0.05, 0) is 55.4 Å². The van der Waals surface area contributed by atoms with Gasteiger partial charge in [-0.15, -0.1) is 0 Å². The van der Waals surface area contributed by atoms with E-state index in [1.54, 1.807) is 16.0 Å². The number of halogens is 1. The number of nitrogens with one attached hydrogen (secondary N) is 1. The van der Waals surface area contributed by atoms with Crippen molar-refractivity contribution in [2.45, 2.75) is 38.1 Å². The van der Waals surface area contributed by atoms with Crippen LogP contribution in [0.3, 0.4) is 0 Å². The van der Waals surface area contributed by atoms with Gasteiger partial charge in [0.25, 0.3) is 0 Å². The van der Waals surface area contributed by atoms with Crippen LogP contribution >= 0.6 is 0 Å². The lowest BCUT2D eigenvalue weighted by Crippen LogP contribution is -3.14. The third kappa shape index (κ3) is 3.94. The fourth-order valence-corrected chi connectivity index (χ4v) is 4.26. The molecule has 1 saturated heterocycles. The van der Waals surface area contributed by atoms with Crippen LogP contribution < -0.4 is 33.8 Å². The highest BCUT2D eigenvalue weighted by atomic mass is 127. The minimum Gasteiger partial charge on any atom is -1.00 e. The molecule has 0 spiro atoms. The van der Waals surface area contributed by atoms with Gasteiger partial charge in [0, 0.05) is 11.7 Å². The molecule has 0 radical (unpaired) electrons. The molecule has 0 bridgehead atoms. The van der Waals surface area contributed by atoms with Gasteiger partial charge in [-0.1, -0.05) is 42.5 Å². The van der Waals surface area contributed by atoms with E-state index in [0.29, 0.717) is 6.04 Å². The molecule has 1 N–H and O–H groups in total. The Kier molecular flexibility index (Phi) is 6.17. The Bertz CT molecular complexity index is 612. The quantitative estimate of drug-likeness (QED) is 0.650. The molecular formula is C21H27IN2. The predicted molar refractivity (Wildman–Crippen MR) is 96.0 cm³/mol. The molecule has 0 unspecified atom stereocenters. The number of nitrogens with zero attached hydrogens (tertiary/aromatic N) is 1. The average molecular weight is 434 g/mol. The maximum atomic E-state index is 2.68. The van der Waals surface area contributed by atoms with E-state index in [0.717, 1.165) is 6.67 Å². The molecule has 1 aliphatic heterocycles. The van der Waals surface area contributed by atoms with Crippen LogP contribution in [-0.2, 0) is 12.8 Å². The van der Waals surface area contributed by atoms with Gasteiger partial charge >= 0.3 is 0 Å². The van der Waals surface area contributed by atoms with Gasteiger partial charge in [-0.3, -0.25) is 0 Å². The summed E-state index contributed by atoms with van der Waals surface area (Å²) in [6.45, 7) is 3.83. The molecule has 0 aromatic heterocycles. The van der Waals surface area contributed by atoms with E-state index in [1.807, 2.05) is 0 Å². The maximum absolute atomic E-state index is 2.68. The Morgan fingerprint density at radius 2 is 1.38 bits per heavy atom. The SMILES string of the molecule is [I-].c1ccc(N(C[NH+]2CCCCC2)C2Cc3ccccc3C2)cc1. The Hall–Kier alpha value is -1.07.